The molecular weight excluding hydrogens is 220 g/mol. The van der Waals surface area contributed by atoms with Gasteiger partial charge in [-0.15, -0.1) is 0 Å². The predicted octanol–water partition coefficient (Wildman–Crippen LogP) is 3.85. The van der Waals surface area contributed by atoms with Crippen molar-refractivity contribution < 1.29 is 0 Å². The fourth-order valence-electron chi connectivity index (χ4n) is 2.05. The zero-order valence-electron chi connectivity index (χ0n) is 10.2. The zero-order valence-corrected chi connectivity index (χ0v) is 10.2. The molecule has 0 spiro atoms. The first kappa shape index (κ1) is 10.8. The third kappa shape index (κ3) is 1.93. The lowest BCUT2D eigenvalue weighted by atomic mass is 10.1. The third-order valence-electron chi connectivity index (χ3n) is 3.03. The standard InChI is InChI=1S/C16H14N2/c1-13-7-5-6-10-15(13)16-11-12-18(17-16)14-8-3-2-4-9-14/h2-12H,1H3. The van der Waals surface area contributed by atoms with Gasteiger partial charge in [0.05, 0.1) is 11.4 Å². The molecule has 0 amide bonds. The number of benzene rings is 2. The lowest BCUT2D eigenvalue weighted by molar-refractivity contribution is 0.884. The molecule has 2 aromatic carbocycles. The summed E-state index contributed by atoms with van der Waals surface area (Å²) in [6, 6.07) is 20.5. The van der Waals surface area contributed by atoms with Gasteiger partial charge in [0.2, 0.25) is 0 Å². The van der Waals surface area contributed by atoms with Crippen LogP contribution in [0.25, 0.3) is 16.9 Å². The van der Waals surface area contributed by atoms with Gasteiger partial charge < -0.3 is 0 Å². The van der Waals surface area contributed by atoms with E-state index in [0.717, 1.165) is 11.4 Å². The fourth-order valence-corrected chi connectivity index (χ4v) is 2.05. The molecular formula is C16H14N2. The molecule has 0 aliphatic heterocycles. The van der Waals surface area contributed by atoms with E-state index >= 15 is 0 Å². The number of rotatable bonds is 2. The van der Waals surface area contributed by atoms with Crippen molar-refractivity contribution in [1.82, 2.24) is 9.78 Å². The van der Waals surface area contributed by atoms with Crippen LogP contribution in [0.15, 0.2) is 66.9 Å². The Morgan fingerprint density at radius 1 is 0.833 bits per heavy atom. The van der Waals surface area contributed by atoms with E-state index in [2.05, 4.69) is 42.4 Å². The van der Waals surface area contributed by atoms with Gasteiger partial charge in [0.25, 0.3) is 0 Å². The van der Waals surface area contributed by atoms with E-state index in [1.807, 2.05) is 41.2 Å². The molecule has 0 fully saturated rings. The minimum absolute atomic E-state index is 1.01. The van der Waals surface area contributed by atoms with Crippen molar-refractivity contribution in [2.24, 2.45) is 0 Å². The first-order valence-electron chi connectivity index (χ1n) is 6.02. The summed E-state index contributed by atoms with van der Waals surface area (Å²) in [6.45, 7) is 2.11. The molecule has 88 valence electrons. The molecule has 0 aliphatic rings. The highest BCUT2D eigenvalue weighted by molar-refractivity contribution is 5.63. The van der Waals surface area contributed by atoms with Crippen LogP contribution in [0.3, 0.4) is 0 Å². The van der Waals surface area contributed by atoms with E-state index in [-0.39, 0.29) is 0 Å². The third-order valence-corrected chi connectivity index (χ3v) is 3.03. The van der Waals surface area contributed by atoms with Gasteiger partial charge in [-0.05, 0) is 30.7 Å². The maximum Gasteiger partial charge on any atom is 0.0930 e. The SMILES string of the molecule is Cc1ccccc1-c1ccn(-c2ccccc2)n1. The number of nitrogens with zero attached hydrogens (tertiary/aromatic N) is 2. The zero-order chi connectivity index (χ0) is 12.4. The van der Waals surface area contributed by atoms with Crippen LogP contribution in [0.5, 0.6) is 0 Å². The van der Waals surface area contributed by atoms with Crippen LogP contribution in [0.1, 0.15) is 5.56 Å². The molecule has 3 aromatic rings. The average molecular weight is 234 g/mol. The van der Waals surface area contributed by atoms with Gasteiger partial charge in [0.1, 0.15) is 0 Å². The van der Waals surface area contributed by atoms with Gasteiger partial charge in [-0.3, -0.25) is 0 Å². The molecule has 0 N–H and O–H groups in total. The van der Waals surface area contributed by atoms with Crippen molar-refractivity contribution in [2.75, 3.05) is 0 Å². The summed E-state index contributed by atoms with van der Waals surface area (Å²) in [7, 11) is 0. The maximum atomic E-state index is 4.63. The molecule has 0 atom stereocenters. The molecule has 0 unspecified atom stereocenters. The lowest BCUT2D eigenvalue weighted by Gasteiger charge is -2.02. The summed E-state index contributed by atoms with van der Waals surface area (Å²) in [4.78, 5) is 0. The Balaban J connectivity index is 2.03. The van der Waals surface area contributed by atoms with Crippen molar-refractivity contribution in [2.45, 2.75) is 6.92 Å². The quantitative estimate of drug-likeness (QED) is 0.658. The second kappa shape index (κ2) is 4.49. The fraction of sp³-hybridized carbons (Fsp3) is 0.0625. The Morgan fingerprint density at radius 2 is 1.56 bits per heavy atom. The van der Waals surface area contributed by atoms with Crippen molar-refractivity contribution in [3.05, 3.63) is 72.4 Å². The number of hydrogen-bond donors (Lipinski definition) is 0. The summed E-state index contributed by atoms with van der Waals surface area (Å²) in [5.41, 5.74) is 4.53. The van der Waals surface area contributed by atoms with E-state index < -0.39 is 0 Å². The Hall–Kier alpha value is -2.35. The van der Waals surface area contributed by atoms with Gasteiger partial charge in [0.15, 0.2) is 0 Å². The highest BCUT2D eigenvalue weighted by Gasteiger charge is 2.05. The first-order valence-corrected chi connectivity index (χ1v) is 6.02. The van der Waals surface area contributed by atoms with Crippen LogP contribution >= 0.6 is 0 Å². The topological polar surface area (TPSA) is 17.8 Å². The Bertz CT molecular complexity index is 654. The van der Waals surface area contributed by atoms with E-state index in [0.29, 0.717) is 0 Å². The molecule has 3 rings (SSSR count). The van der Waals surface area contributed by atoms with Gasteiger partial charge in [-0.2, -0.15) is 5.10 Å². The van der Waals surface area contributed by atoms with E-state index in [4.69, 9.17) is 0 Å². The molecule has 1 aromatic heterocycles. The number of aromatic nitrogens is 2. The van der Waals surface area contributed by atoms with Crippen molar-refractivity contribution >= 4 is 0 Å². The summed E-state index contributed by atoms with van der Waals surface area (Å²) < 4.78 is 1.90. The molecule has 18 heavy (non-hydrogen) atoms. The Kier molecular flexibility index (Phi) is 2.69. The minimum atomic E-state index is 1.01. The molecule has 2 nitrogen and oxygen atoms in total. The summed E-state index contributed by atoms with van der Waals surface area (Å²) in [5, 5.41) is 4.63. The maximum absolute atomic E-state index is 4.63. The average Bonchev–Trinajstić information content (AvgIpc) is 2.90. The van der Waals surface area contributed by atoms with Gasteiger partial charge >= 0.3 is 0 Å². The molecule has 0 saturated carbocycles. The summed E-state index contributed by atoms with van der Waals surface area (Å²) in [6.07, 6.45) is 2.00. The van der Waals surface area contributed by atoms with Crippen molar-refractivity contribution in [3.63, 3.8) is 0 Å². The Labute approximate surface area is 107 Å². The molecule has 2 heteroatoms. The number of para-hydroxylation sites is 1. The second-order valence-corrected chi connectivity index (χ2v) is 4.30. The lowest BCUT2D eigenvalue weighted by Crippen LogP contribution is -1.94. The van der Waals surface area contributed by atoms with Crippen LogP contribution in [0.2, 0.25) is 0 Å². The van der Waals surface area contributed by atoms with Gasteiger partial charge in [0, 0.05) is 11.8 Å². The largest absolute Gasteiger partial charge is 0.240 e. The van der Waals surface area contributed by atoms with Crippen LogP contribution in [0.4, 0.5) is 0 Å². The van der Waals surface area contributed by atoms with Crippen LogP contribution in [-0.4, -0.2) is 9.78 Å². The highest BCUT2D eigenvalue weighted by atomic mass is 15.3. The second-order valence-electron chi connectivity index (χ2n) is 4.30. The van der Waals surface area contributed by atoms with E-state index in [1.165, 1.54) is 11.1 Å². The van der Waals surface area contributed by atoms with Crippen LogP contribution in [-0.2, 0) is 0 Å². The van der Waals surface area contributed by atoms with Gasteiger partial charge in [-0.1, -0.05) is 42.5 Å². The highest BCUT2D eigenvalue weighted by Crippen LogP contribution is 2.21. The first-order chi connectivity index (χ1) is 8.84. The summed E-state index contributed by atoms with van der Waals surface area (Å²) in [5.74, 6) is 0. The number of hydrogen-bond acceptors (Lipinski definition) is 1. The van der Waals surface area contributed by atoms with E-state index in [9.17, 15) is 0 Å². The number of aryl methyl sites for hydroxylation is 1. The monoisotopic (exact) mass is 234 g/mol. The summed E-state index contributed by atoms with van der Waals surface area (Å²) >= 11 is 0. The van der Waals surface area contributed by atoms with Gasteiger partial charge in [-0.25, -0.2) is 4.68 Å². The normalized spacial score (nSPS) is 10.5. The van der Waals surface area contributed by atoms with E-state index in [1.54, 1.807) is 0 Å². The van der Waals surface area contributed by atoms with Crippen molar-refractivity contribution in [1.29, 1.82) is 0 Å². The molecule has 1 heterocycles. The van der Waals surface area contributed by atoms with Crippen LogP contribution < -0.4 is 0 Å². The molecule has 0 radical (unpaired) electrons. The smallest absolute Gasteiger partial charge is 0.0930 e. The van der Waals surface area contributed by atoms with Crippen LogP contribution in [0, 0.1) is 6.92 Å². The van der Waals surface area contributed by atoms with Crippen molar-refractivity contribution in [3.8, 4) is 16.9 Å². The minimum Gasteiger partial charge on any atom is -0.240 e. The molecule has 0 bridgehead atoms. The molecule has 0 saturated heterocycles. The Morgan fingerprint density at radius 3 is 2.33 bits per heavy atom. The molecule has 0 aliphatic carbocycles. The predicted molar refractivity (Wildman–Crippen MR) is 73.7 cm³/mol.